The van der Waals surface area contributed by atoms with Crippen molar-refractivity contribution in [2.45, 2.75) is 4.90 Å². The Morgan fingerprint density at radius 2 is 1.62 bits per heavy atom. The van der Waals surface area contributed by atoms with Crippen LogP contribution in [0.2, 0.25) is 0 Å². The van der Waals surface area contributed by atoms with Crippen LogP contribution >= 0.6 is 0 Å². The third-order valence-electron chi connectivity index (χ3n) is 3.54. The number of nitriles is 1. The van der Waals surface area contributed by atoms with E-state index in [1.54, 1.807) is 24.3 Å². The molecule has 0 fully saturated rings. The summed E-state index contributed by atoms with van der Waals surface area (Å²) < 4.78 is 40.6. The average Bonchev–Trinajstić information content (AvgIpc) is 2.68. The van der Waals surface area contributed by atoms with Crippen LogP contribution in [0.15, 0.2) is 58.5 Å². The van der Waals surface area contributed by atoms with Gasteiger partial charge in [-0.1, -0.05) is 0 Å². The van der Waals surface area contributed by atoms with Gasteiger partial charge >= 0.3 is 0 Å². The lowest BCUT2D eigenvalue weighted by molar-refractivity contribution is 0.395. The zero-order valence-electron chi connectivity index (χ0n) is 14.5. The van der Waals surface area contributed by atoms with Crippen molar-refractivity contribution in [3.8, 4) is 23.3 Å². The third-order valence-corrected chi connectivity index (χ3v) is 5.22. The molecule has 0 aliphatic heterocycles. The minimum atomic E-state index is -3.96. The van der Waals surface area contributed by atoms with E-state index in [1.807, 2.05) is 0 Å². The van der Waals surface area contributed by atoms with E-state index in [-0.39, 0.29) is 4.90 Å². The predicted octanol–water partition coefficient (Wildman–Crippen LogP) is 2.96. The molecule has 0 radical (unpaired) electrons. The van der Waals surface area contributed by atoms with Crippen LogP contribution in [-0.2, 0) is 9.84 Å². The Bertz CT molecular complexity index is 945. The molecular formula is C18H18N2O5S. The van der Waals surface area contributed by atoms with E-state index in [4.69, 9.17) is 14.2 Å². The smallest absolute Gasteiger partial charge is 0.218 e. The van der Waals surface area contributed by atoms with Crippen LogP contribution in [0.1, 0.15) is 0 Å². The maximum absolute atomic E-state index is 12.6. The normalized spacial score (nSPS) is 11.4. The summed E-state index contributed by atoms with van der Waals surface area (Å²) in [6.07, 6.45) is 1.13. The highest BCUT2D eigenvalue weighted by atomic mass is 32.2. The Balaban J connectivity index is 2.34. The molecule has 2 aromatic rings. The van der Waals surface area contributed by atoms with Gasteiger partial charge < -0.3 is 19.5 Å². The van der Waals surface area contributed by atoms with Crippen molar-refractivity contribution in [2.75, 3.05) is 26.6 Å². The standard InChI is InChI=1S/C18H18N2O5S/c1-23-13-4-7-15(8-5-13)26(21,22)16(11-19)12-20-17-9-6-14(24-2)10-18(17)25-3/h4-10,12,20H,1-3H3. The Hall–Kier alpha value is -3.18. The molecule has 0 saturated heterocycles. The number of hydrogen-bond acceptors (Lipinski definition) is 7. The van der Waals surface area contributed by atoms with Crippen LogP contribution in [0.25, 0.3) is 0 Å². The summed E-state index contributed by atoms with van der Waals surface area (Å²) >= 11 is 0. The van der Waals surface area contributed by atoms with Gasteiger partial charge in [-0.25, -0.2) is 8.42 Å². The SMILES string of the molecule is COc1ccc(S(=O)(=O)C(C#N)=CNc2ccc(OC)cc2OC)cc1. The van der Waals surface area contributed by atoms with Gasteiger partial charge in [-0.3, -0.25) is 0 Å². The second kappa shape index (κ2) is 8.27. The summed E-state index contributed by atoms with van der Waals surface area (Å²) in [4.78, 5) is -0.435. The van der Waals surface area contributed by atoms with E-state index < -0.39 is 14.7 Å². The molecule has 8 heteroatoms. The molecular weight excluding hydrogens is 356 g/mol. The fourth-order valence-corrected chi connectivity index (χ4v) is 3.20. The molecule has 1 N–H and O–H groups in total. The number of nitrogens with one attached hydrogen (secondary N) is 1. The number of benzene rings is 2. The van der Waals surface area contributed by atoms with Gasteiger partial charge in [0, 0.05) is 12.3 Å². The number of sulfone groups is 1. The lowest BCUT2D eigenvalue weighted by Gasteiger charge is -2.10. The molecule has 26 heavy (non-hydrogen) atoms. The first-order chi connectivity index (χ1) is 12.5. The molecule has 0 saturated carbocycles. The minimum Gasteiger partial charge on any atom is -0.497 e. The fourth-order valence-electron chi connectivity index (χ4n) is 2.11. The molecule has 0 amide bonds. The summed E-state index contributed by atoms with van der Waals surface area (Å²) in [6.45, 7) is 0. The molecule has 0 atom stereocenters. The number of anilines is 1. The van der Waals surface area contributed by atoms with Gasteiger partial charge in [0.15, 0.2) is 4.91 Å². The Morgan fingerprint density at radius 3 is 2.15 bits per heavy atom. The molecule has 7 nitrogen and oxygen atoms in total. The largest absolute Gasteiger partial charge is 0.497 e. The summed E-state index contributed by atoms with van der Waals surface area (Å²) in [6, 6.07) is 12.5. The van der Waals surface area contributed by atoms with Gasteiger partial charge in [-0.05, 0) is 36.4 Å². The zero-order chi connectivity index (χ0) is 19.2. The van der Waals surface area contributed by atoms with Gasteiger partial charge in [0.2, 0.25) is 9.84 Å². The van der Waals surface area contributed by atoms with E-state index in [0.717, 1.165) is 6.20 Å². The molecule has 136 valence electrons. The van der Waals surface area contributed by atoms with Crippen LogP contribution < -0.4 is 19.5 Å². The fraction of sp³-hybridized carbons (Fsp3) is 0.167. The van der Waals surface area contributed by atoms with Crippen molar-refractivity contribution >= 4 is 15.5 Å². The van der Waals surface area contributed by atoms with Crippen LogP contribution in [-0.4, -0.2) is 29.7 Å². The van der Waals surface area contributed by atoms with E-state index in [1.165, 1.54) is 45.6 Å². The molecule has 0 unspecified atom stereocenters. The monoisotopic (exact) mass is 374 g/mol. The van der Waals surface area contributed by atoms with Crippen molar-refractivity contribution in [1.29, 1.82) is 5.26 Å². The molecule has 0 heterocycles. The first kappa shape index (κ1) is 19.1. The quantitative estimate of drug-likeness (QED) is 0.744. The Morgan fingerprint density at radius 1 is 1.00 bits per heavy atom. The van der Waals surface area contributed by atoms with Crippen molar-refractivity contribution in [2.24, 2.45) is 0 Å². The summed E-state index contributed by atoms with van der Waals surface area (Å²) in [5, 5.41) is 12.1. The molecule has 2 aromatic carbocycles. The van der Waals surface area contributed by atoms with Gasteiger partial charge in [-0.2, -0.15) is 5.26 Å². The number of rotatable bonds is 7. The molecule has 0 aliphatic rings. The average molecular weight is 374 g/mol. The highest BCUT2D eigenvalue weighted by Crippen LogP contribution is 2.29. The highest BCUT2D eigenvalue weighted by molar-refractivity contribution is 7.95. The summed E-state index contributed by atoms with van der Waals surface area (Å²) in [5.74, 6) is 1.55. The number of nitrogens with zero attached hydrogens (tertiary/aromatic N) is 1. The van der Waals surface area contributed by atoms with Crippen LogP contribution in [0.4, 0.5) is 5.69 Å². The van der Waals surface area contributed by atoms with Gasteiger partial charge in [0.05, 0.1) is 31.9 Å². The van der Waals surface area contributed by atoms with E-state index in [9.17, 15) is 13.7 Å². The highest BCUT2D eigenvalue weighted by Gasteiger charge is 2.21. The van der Waals surface area contributed by atoms with E-state index in [2.05, 4.69) is 5.32 Å². The Labute approximate surface area is 152 Å². The first-order valence-electron chi connectivity index (χ1n) is 7.44. The first-order valence-corrected chi connectivity index (χ1v) is 8.92. The Kier molecular flexibility index (Phi) is 6.09. The third kappa shape index (κ3) is 4.07. The number of hydrogen-bond donors (Lipinski definition) is 1. The van der Waals surface area contributed by atoms with Gasteiger partial charge in [-0.15, -0.1) is 0 Å². The molecule has 0 bridgehead atoms. The molecule has 0 aliphatic carbocycles. The van der Waals surface area contributed by atoms with Crippen molar-refractivity contribution in [3.05, 3.63) is 53.6 Å². The number of methoxy groups -OCH3 is 3. The van der Waals surface area contributed by atoms with Gasteiger partial charge in [0.1, 0.15) is 23.3 Å². The zero-order valence-corrected chi connectivity index (χ0v) is 15.3. The molecule has 0 aromatic heterocycles. The molecule has 0 spiro atoms. The van der Waals surface area contributed by atoms with Crippen LogP contribution in [0, 0.1) is 11.3 Å². The van der Waals surface area contributed by atoms with E-state index >= 15 is 0 Å². The van der Waals surface area contributed by atoms with Crippen molar-refractivity contribution in [3.63, 3.8) is 0 Å². The van der Waals surface area contributed by atoms with Gasteiger partial charge in [0.25, 0.3) is 0 Å². The second-order valence-electron chi connectivity index (χ2n) is 5.01. The molecule has 2 rings (SSSR count). The van der Waals surface area contributed by atoms with Crippen molar-refractivity contribution in [1.82, 2.24) is 0 Å². The minimum absolute atomic E-state index is 0.00500. The number of allylic oxidation sites excluding steroid dienone is 1. The predicted molar refractivity (Wildman–Crippen MR) is 97.0 cm³/mol. The lowest BCUT2D eigenvalue weighted by Crippen LogP contribution is -2.06. The lowest BCUT2D eigenvalue weighted by atomic mass is 10.2. The number of ether oxygens (including phenoxy) is 3. The van der Waals surface area contributed by atoms with E-state index in [0.29, 0.717) is 22.9 Å². The summed E-state index contributed by atoms with van der Waals surface area (Å²) in [5.41, 5.74) is 0.492. The van der Waals surface area contributed by atoms with Crippen LogP contribution in [0.3, 0.4) is 0 Å². The summed E-state index contributed by atoms with van der Waals surface area (Å²) in [7, 11) is 0.520. The van der Waals surface area contributed by atoms with Crippen molar-refractivity contribution < 1.29 is 22.6 Å². The van der Waals surface area contributed by atoms with Crippen LogP contribution in [0.5, 0.6) is 17.2 Å². The maximum Gasteiger partial charge on any atom is 0.218 e. The maximum atomic E-state index is 12.6. The topological polar surface area (TPSA) is 97.7 Å². The second-order valence-corrected chi connectivity index (χ2v) is 6.93.